The zero-order valence-electron chi connectivity index (χ0n) is 13.6. The fraction of sp³-hybridized carbons (Fsp3) is 0.688. The first-order valence-electron chi connectivity index (χ1n) is 7.60. The van der Waals surface area contributed by atoms with Crippen LogP contribution in [0.2, 0.25) is 0 Å². The van der Waals surface area contributed by atoms with Gasteiger partial charge in [0.25, 0.3) is 0 Å². The lowest BCUT2D eigenvalue weighted by Crippen LogP contribution is -2.28. The van der Waals surface area contributed by atoms with Gasteiger partial charge in [0.2, 0.25) is 0 Å². The van der Waals surface area contributed by atoms with Crippen molar-refractivity contribution in [1.29, 1.82) is 0 Å². The molecule has 0 aliphatic heterocycles. The average molecular weight is 279 g/mol. The maximum atomic E-state index is 5.46. The number of pyridine rings is 1. The van der Waals surface area contributed by atoms with Crippen LogP contribution in [0.5, 0.6) is 0 Å². The fourth-order valence-electron chi connectivity index (χ4n) is 2.11. The third-order valence-corrected chi connectivity index (χ3v) is 3.28. The lowest BCUT2D eigenvalue weighted by molar-refractivity contribution is 0.154. The molecule has 1 rings (SSSR count). The Bertz CT molecular complexity index is 393. The summed E-state index contributed by atoms with van der Waals surface area (Å²) in [5, 5.41) is 3.22. The van der Waals surface area contributed by atoms with Crippen LogP contribution in [0.3, 0.4) is 0 Å². The number of ether oxygens (including phenoxy) is 1. The number of likely N-dealkylation sites (N-methyl/N-ethyl adjacent to an activating group) is 1. The molecule has 0 saturated heterocycles. The summed E-state index contributed by atoms with van der Waals surface area (Å²) in [5.74, 6) is 1.50. The number of hydrogen-bond acceptors (Lipinski definition) is 4. The van der Waals surface area contributed by atoms with E-state index in [1.54, 1.807) is 0 Å². The van der Waals surface area contributed by atoms with E-state index >= 15 is 0 Å². The average Bonchev–Trinajstić information content (AvgIpc) is 2.43. The summed E-state index contributed by atoms with van der Waals surface area (Å²) in [7, 11) is 1.97. The van der Waals surface area contributed by atoms with Gasteiger partial charge in [-0.15, -0.1) is 0 Å². The molecule has 1 N–H and O–H groups in total. The van der Waals surface area contributed by atoms with Crippen molar-refractivity contribution in [2.24, 2.45) is 0 Å². The van der Waals surface area contributed by atoms with E-state index in [2.05, 4.69) is 43.1 Å². The molecule has 0 atom stereocenters. The fourth-order valence-corrected chi connectivity index (χ4v) is 2.11. The van der Waals surface area contributed by atoms with Crippen LogP contribution >= 0.6 is 0 Å². The van der Waals surface area contributed by atoms with Crippen molar-refractivity contribution in [3.05, 3.63) is 23.4 Å². The molecule has 0 radical (unpaired) electrons. The van der Waals surface area contributed by atoms with Gasteiger partial charge in [-0.05, 0) is 44.5 Å². The molecule has 4 nitrogen and oxygen atoms in total. The second-order valence-corrected chi connectivity index (χ2v) is 5.22. The number of nitrogens with one attached hydrogen (secondary N) is 1. The van der Waals surface area contributed by atoms with Crippen LogP contribution in [0, 0.1) is 0 Å². The molecular weight excluding hydrogens is 250 g/mol. The van der Waals surface area contributed by atoms with E-state index in [0.29, 0.717) is 5.92 Å². The number of nitrogens with zero attached hydrogens (tertiary/aromatic N) is 2. The molecule has 1 aromatic heterocycles. The minimum atomic E-state index is 0.441. The smallest absolute Gasteiger partial charge is 0.129 e. The molecule has 1 heterocycles. The van der Waals surface area contributed by atoms with Crippen LogP contribution in [0.4, 0.5) is 5.82 Å². The summed E-state index contributed by atoms with van der Waals surface area (Å²) in [6, 6.07) is 4.37. The Hall–Kier alpha value is -1.13. The molecule has 0 unspecified atom stereocenters. The van der Waals surface area contributed by atoms with Crippen LogP contribution in [-0.4, -0.2) is 38.3 Å². The van der Waals surface area contributed by atoms with Gasteiger partial charge in [0.1, 0.15) is 5.82 Å². The zero-order chi connectivity index (χ0) is 15.0. The summed E-state index contributed by atoms with van der Waals surface area (Å²) >= 11 is 0. The molecular formula is C16H29N3O. The van der Waals surface area contributed by atoms with Gasteiger partial charge in [-0.1, -0.05) is 13.8 Å². The van der Waals surface area contributed by atoms with Crippen molar-refractivity contribution >= 4 is 5.82 Å². The normalized spacial score (nSPS) is 11.1. The van der Waals surface area contributed by atoms with Gasteiger partial charge in [0.15, 0.2) is 0 Å². The van der Waals surface area contributed by atoms with E-state index in [4.69, 9.17) is 9.72 Å². The van der Waals surface area contributed by atoms with Crippen LogP contribution in [-0.2, 0) is 11.3 Å². The predicted molar refractivity (Wildman–Crippen MR) is 85.5 cm³/mol. The van der Waals surface area contributed by atoms with E-state index in [9.17, 15) is 0 Å². The van der Waals surface area contributed by atoms with Crippen LogP contribution in [0.15, 0.2) is 12.1 Å². The SMILES string of the molecule is CCOCCN(CC)c1cc(CNC)cc(C(C)C)n1. The molecule has 114 valence electrons. The summed E-state index contributed by atoms with van der Waals surface area (Å²) in [5.41, 5.74) is 2.44. The lowest BCUT2D eigenvalue weighted by atomic mass is 10.1. The standard InChI is InChI=1S/C16H29N3O/c1-6-19(8-9-20-7-2)16-11-14(12-17-5)10-15(18-16)13(3)4/h10-11,13,17H,6-9,12H2,1-5H3. The highest BCUT2D eigenvalue weighted by Gasteiger charge is 2.11. The van der Waals surface area contributed by atoms with Crippen molar-refractivity contribution in [3.8, 4) is 0 Å². The van der Waals surface area contributed by atoms with Gasteiger partial charge in [-0.2, -0.15) is 0 Å². The van der Waals surface area contributed by atoms with Gasteiger partial charge < -0.3 is 15.0 Å². The Labute approximate surface area is 123 Å². The Morgan fingerprint density at radius 1 is 1.30 bits per heavy atom. The molecule has 0 aromatic carbocycles. The van der Waals surface area contributed by atoms with Crippen molar-refractivity contribution in [2.45, 2.75) is 40.2 Å². The highest BCUT2D eigenvalue weighted by Crippen LogP contribution is 2.20. The van der Waals surface area contributed by atoms with Crippen molar-refractivity contribution < 1.29 is 4.74 Å². The van der Waals surface area contributed by atoms with Gasteiger partial charge in [-0.3, -0.25) is 0 Å². The Morgan fingerprint density at radius 3 is 2.60 bits per heavy atom. The molecule has 0 spiro atoms. The Balaban J connectivity index is 2.94. The number of aromatic nitrogens is 1. The largest absolute Gasteiger partial charge is 0.380 e. The monoisotopic (exact) mass is 279 g/mol. The van der Waals surface area contributed by atoms with Crippen LogP contribution in [0.1, 0.15) is 44.9 Å². The molecule has 4 heteroatoms. The van der Waals surface area contributed by atoms with Crippen LogP contribution in [0.25, 0.3) is 0 Å². The third-order valence-electron chi connectivity index (χ3n) is 3.28. The van der Waals surface area contributed by atoms with Gasteiger partial charge in [0, 0.05) is 31.9 Å². The summed E-state index contributed by atoms with van der Waals surface area (Å²) in [4.78, 5) is 7.09. The molecule has 0 bridgehead atoms. The molecule has 0 aliphatic carbocycles. The van der Waals surface area contributed by atoms with Gasteiger partial charge in [0.05, 0.1) is 6.61 Å². The van der Waals surface area contributed by atoms with Gasteiger partial charge in [-0.25, -0.2) is 4.98 Å². The van der Waals surface area contributed by atoms with Crippen molar-refractivity contribution in [2.75, 3.05) is 38.3 Å². The molecule has 1 aromatic rings. The molecule has 0 fully saturated rings. The quantitative estimate of drug-likeness (QED) is 0.705. The molecule has 0 aliphatic rings. The first kappa shape index (κ1) is 16.9. The molecule has 0 amide bonds. The first-order chi connectivity index (χ1) is 9.62. The van der Waals surface area contributed by atoms with E-state index < -0.39 is 0 Å². The maximum Gasteiger partial charge on any atom is 0.129 e. The maximum absolute atomic E-state index is 5.46. The Morgan fingerprint density at radius 2 is 2.05 bits per heavy atom. The number of rotatable bonds is 9. The van der Waals surface area contributed by atoms with E-state index in [1.165, 1.54) is 5.56 Å². The first-order valence-corrected chi connectivity index (χ1v) is 7.60. The predicted octanol–water partition coefficient (Wildman–Crippen LogP) is 2.79. The van der Waals surface area contributed by atoms with E-state index in [0.717, 1.165) is 44.4 Å². The summed E-state index contributed by atoms with van der Waals surface area (Å²) in [6.07, 6.45) is 0. The Kier molecular flexibility index (Phi) is 7.55. The number of hydrogen-bond donors (Lipinski definition) is 1. The van der Waals surface area contributed by atoms with Gasteiger partial charge >= 0.3 is 0 Å². The van der Waals surface area contributed by atoms with Crippen molar-refractivity contribution in [3.63, 3.8) is 0 Å². The van der Waals surface area contributed by atoms with Crippen molar-refractivity contribution in [1.82, 2.24) is 10.3 Å². The highest BCUT2D eigenvalue weighted by atomic mass is 16.5. The van der Waals surface area contributed by atoms with Crippen LogP contribution < -0.4 is 10.2 Å². The summed E-state index contributed by atoms with van der Waals surface area (Å²) in [6.45, 7) is 12.8. The second-order valence-electron chi connectivity index (χ2n) is 5.22. The molecule has 0 saturated carbocycles. The second kappa shape index (κ2) is 8.93. The van der Waals surface area contributed by atoms with E-state index in [1.807, 2.05) is 14.0 Å². The molecule has 20 heavy (non-hydrogen) atoms. The minimum absolute atomic E-state index is 0.441. The zero-order valence-corrected chi connectivity index (χ0v) is 13.6. The minimum Gasteiger partial charge on any atom is -0.380 e. The number of anilines is 1. The summed E-state index contributed by atoms with van der Waals surface area (Å²) < 4.78 is 5.46. The lowest BCUT2D eigenvalue weighted by Gasteiger charge is -2.23. The van der Waals surface area contributed by atoms with E-state index in [-0.39, 0.29) is 0 Å². The third kappa shape index (κ3) is 5.10. The highest BCUT2D eigenvalue weighted by molar-refractivity contribution is 5.43. The topological polar surface area (TPSA) is 37.4 Å².